The lowest BCUT2D eigenvalue weighted by atomic mass is 9.87. The van der Waals surface area contributed by atoms with Crippen molar-refractivity contribution in [1.29, 1.82) is 0 Å². The predicted molar refractivity (Wildman–Crippen MR) is 80.2 cm³/mol. The van der Waals surface area contributed by atoms with E-state index in [1.54, 1.807) is 12.1 Å². The summed E-state index contributed by atoms with van der Waals surface area (Å²) in [5, 5.41) is 3.42. The minimum atomic E-state index is -0.663. The first-order chi connectivity index (χ1) is 10.2. The molecule has 2 aromatic rings. The van der Waals surface area contributed by atoms with E-state index >= 15 is 0 Å². The lowest BCUT2D eigenvalue weighted by Crippen LogP contribution is -2.45. The van der Waals surface area contributed by atoms with E-state index in [0.717, 1.165) is 24.0 Å². The van der Waals surface area contributed by atoms with Crippen LogP contribution in [0.25, 0.3) is 0 Å². The van der Waals surface area contributed by atoms with Crippen LogP contribution in [0.2, 0.25) is 0 Å². The molecule has 1 aliphatic rings. The Balaban J connectivity index is 1.87. The Morgan fingerprint density at radius 1 is 1.05 bits per heavy atom. The van der Waals surface area contributed by atoms with E-state index < -0.39 is 5.54 Å². The zero-order valence-corrected chi connectivity index (χ0v) is 11.8. The highest BCUT2D eigenvalue weighted by Crippen LogP contribution is 2.36. The van der Waals surface area contributed by atoms with E-state index in [0.29, 0.717) is 13.0 Å². The Morgan fingerprint density at radius 3 is 2.38 bits per heavy atom. The molecule has 0 bridgehead atoms. The summed E-state index contributed by atoms with van der Waals surface area (Å²) < 4.78 is 13.1. The van der Waals surface area contributed by atoms with E-state index in [1.165, 1.54) is 12.1 Å². The molecular formula is C18H18FNO. The first-order valence-corrected chi connectivity index (χ1v) is 7.29. The SMILES string of the molecule is O=C1CCCC1(NCc1ccccc1)c1ccc(F)cc1. The van der Waals surface area contributed by atoms with Gasteiger partial charge in [0.1, 0.15) is 11.4 Å². The van der Waals surface area contributed by atoms with Crippen molar-refractivity contribution in [2.45, 2.75) is 31.3 Å². The summed E-state index contributed by atoms with van der Waals surface area (Å²) in [4.78, 5) is 12.4. The van der Waals surface area contributed by atoms with Crippen LogP contribution >= 0.6 is 0 Å². The first-order valence-electron chi connectivity index (χ1n) is 7.29. The second-order valence-corrected chi connectivity index (χ2v) is 5.53. The monoisotopic (exact) mass is 283 g/mol. The van der Waals surface area contributed by atoms with Crippen molar-refractivity contribution < 1.29 is 9.18 Å². The normalized spacial score (nSPS) is 21.7. The van der Waals surface area contributed by atoms with Gasteiger partial charge in [0.05, 0.1) is 0 Å². The minimum Gasteiger partial charge on any atom is -0.297 e. The van der Waals surface area contributed by atoms with Crippen LogP contribution in [-0.2, 0) is 16.9 Å². The Morgan fingerprint density at radius 2 is 1.76 bits per heavy atom. The molecule has 0 heterocycles. The summed E-state index contributed by atoms with van der Waals surface area (Å²) in [5.74, 6) is -0.0764. The number of Topliss-reactive ketones (excluding diaryl/α,β-unsaturated/α-hetero) is 1. The number of hydrogen-bond donors (Lipinski definition) is 1. The molecule has 1 N–H and O–H groups in total. The van der Waals surface area contributed by atoms with Gasteiger partial charge < -0.3 is 0 Å². The third-order valence-electron chi connectivity index (χ3n) is 4.21. The van der Waals surface area contributed by atoms with Gasteiger partial charge in [0.2, 0.25) is 0 Å². The van der Waals surface area contributed by atoms with Crippen LogP contribution in [0.3, 0.4) is 0 Å². The van der Waals surface area contributed by atoms with E-state index in [-0.39, 0.29) is 11.6 Å². The Labute approximate surface area is 124 Å². The summed E-state index contributed by atoms with van der Waals surface area (Å²) in [7, 11) is 0. The first kappa shape index (κ1) is 14.0. The third kappa shape index (κ3) is 2.74. The van der Waals surface area contributed by atoms with Crippen molar-refractivity contribution in [1.82, 2.24) is 5.32 Å². The van der Waals surface area contributed by atoms with Crippen molar-refractivity contribution in [3.63, 3.8) is 0 Å². The number of carbonyl (C=O) groups is 1. The van der Waals surface area contributed by atoms with E-state index in [1.807, 2.05) is 30.3 Å². The van der Waals surface area contributed by atoms with Gasteiger partial charge in [0.15, 0.2) is 5.78 Å². The fraction of sp³-hybridized carbons (Fsp3) is 0.278. The maximum atomic E-state index is 13.1. The van der Waals surface area contributed by atoms with E-state index in [4.69, 9.17) is 0 Å². The molecule has 0 aromatic heterocycles. The average molecular weight is 283 g/mol. The maximum absolute atomic E-state index is 13.1. The molecular weight excluding hydrogens is 265 g/mol. The standard InChI is InChI=1S/C18H18FNO/c19-16-10-8-15(9-11-16)18(12-4-7-17(18)21)20-13-14-5-2-1-3-6-14/h1-3,5-6,8-11,20H,4,7,12-13H2. The van der Waals surface area contributed by atoms with Crippen molar-refractivity contribution in [3.8, 4) is 0 Å². The number of halogens is 1. The molecule has 1 fully saturated rings. The molecule has 1 atom stereocenters. The summed E-state index contributed by atoms with van der Waals surface area (Å²) in [5.41, 5.74) is 1.34. The summed E-state index contributed by atoms with van der Waals surface area (Å²) in [6.07, 6.45) is 2.22. The molecule has 3 heteroatoms. The predicted octanol–water partition coefficient (Wildman–Crippen LogP) is 3.56. The number of nitrogens with one attached hydrogen (secondary N) is 1. The Kier molecular flexibility index (Phi) is 3.84. The molecule has 108 valence electrons. The van der Waals surface area contributed by atoms with Crippen LogP contribution in [0.15, 0.2) is 54.6 Å². The van der Waals surface area contributed by atoms with Crippen LogP contribution in [-0.4, -0.2) is 5.78 Å². The number of hydrogen-bond acceptors (Lipinski definition) is 2. The van der Waals surface area contributed by atoms with Gasteiger partial charge in [-0.2, -0.15) is 0 Å². The number of rotatable bonds is 4. The van der Waals surface area contributed by atoms with Crippen molar-refractivity contribution >= 4 is 5.78 Å². The highest BCUT2D eigenvalue weighted by Gasteiger charge is 2.42. The third-order valence-corrected chi connectivity index (χ3v) is 4.21. The molecule has 1 saturated carbocycles. The van der Waals surface area contributed by atoms with Crippen LogP contribution in [0, 0.1) is 5.82 Å². The van der Waals surface area contributed by atoms with Gasteiger partial charge in [-0.1, -0.05) is 42.5 Å². The minimum absolute atomic E-state index is 0.199. The Bertz CT molecular complexity index is 623. The lowest BCUT2D eigenvalue weighted by molar-refractivity contribution is -0.123. The number of carbonyl (C=O) groups excluding carboxylic acids is 1. The zero-order chi connectivity index (χ0) is 14.7. The van der Waals surface area contributed by atoms with Gasteiger partial charge in [-0.25, -0.2) is 4.39 Å². The Hall–Kier alpha value is -2.00. The second-order valence-electron chi connectivity index (χ2n) is 5.53. The molecule has 1 unspecified atom stereocenters. The molecule has 0 amide bonds. The number of ketones is 1. The van der Waals surface area contributed by atoms with E-state index in [9.17, 15) is 9.18 Å². The molecule has 2 aromatic carbocycles. The molecule has 3 rings (SSSR count). The highest BCUT2D eigenvalue weighted by molar-refractivity contribution is 5.91. The van der Waals surface area contributed by atoms with Crippen LogP contribution in [0.5, 0.6) is 0 Å². The van der Waals surface area contributed by atoms with Gasteiger partial charge >= 0.3 is 0 Å². The summed E-state index contributed by atoms with van der Waals surface area (Å²) in [6.45, 7) is 0.629. The van der Waals surface area contributed by atoms with Gasteiger partial charge in [-0.05, 0) is 36.1 Å². The smallest absolute Gasteiger partial charge is 0.157 e. The largest absolute Gasteiger partial charge is 0.297 e. The molecule has 0 radical (unpaired) electrons. The van der Waals surface area contributed by atoms with E-state index in [2.05, 4.69) is 5.32 Å². The summed E-state index contributed by atoms with van der Waals surface area (Å²) >= 11 is 0. The molecule has 0 spiro atoms. The molecule has 2 nitrogen and oxygen atoms in total. The lowest BCUT2D eigenvalue weighted by Gasteiger charge is -2.29. The van der Waals surface area contributed by atoms with Gasteiger partial charge in [-0.3, -0.25) is 10.1 Å². The van der Waals surface area contributed by atoms with Gasteiger partial charge in [0, 0.05) is 13.0 Å². The molecule has 0 aliphatic heterocycles. The molecule has 21 heavy (non-hydrogen) atoms. The average Bonchev–Trinajstić information content (AvgIpc) is 2.89. The molecule has 1 aliphatic carbocycles. The quantitative estimate of drug-likeness (QED) is 0.929. The van der Waals surface area contributed by atoms with Gasteiger partial charge in [-0.15, -0.1) is 0 Å². The van der Waals surface area contributed by atoms with Crippen LogP contribution < -0.4 is 5.32 Å². The zero-order valence-electron chi connectivity index (χ0n) is 11.8. The van der Waals surface area contributed by atoms with Crippen molar-refractivity contribution in [2.24, 2.45) is 0 Å². The fourth-order valence-electron chi connectivity index (χ4n) is 3.04. The highest BCUT2D eigenvalue weighted by atomic mass is 19.1. The fourth-order valence-corrected chi connectivity index (χ4v) is 3.04. The second kappa shape index (κ2) is 5.78. The van der Waals surface area contributed by atoms with Crippen LogP contribution in [0.1, 0.15) is 30.4 Å². The van der Waals surface area contributed by atoms with Crippen molar-refractivity contribution in [3.05, 3.63) is 71.5 Å². The number of benzene rings is 2. The van der Waals surface area contributed by atoms with Gasteiger partial charge in [0.25, 0.3) is 0 Å². The maximum Gasteiger partial charge on any atom is 0.157 e. The molecule has 0 saturated heterocycles. The van der Waals surface area contributed by atoms with Crippen molar-refractivity contribution in [2.75, 3.05) is 0 Å². The topological polar surface area (TPSA) is 29.1 Å². The summed E-state index contributed by atoms with van der Waals surface area (Å²) in [6, 6.07) is 16.3. The van der Waals surface area contributed by atoms with Crippen LogP contribution in [0.4, 0.5) is 4.39 Å².